The van der Waals surface area contributed by atoms with E-state index in [1.165, 1.54) is 43.4 Å². The fraction of sp³-hybridized carbons (Fsp3) is 0.500. The van der Waals surface area contributed by atoms with Gasteiger partial charge >= 0.3 is 0 Å². The second-order valence-corrected chi connectivity index (χ2v) is 7.60. The fourth-order valence-corrected chi connectivity index (χ4v) is 3.76. The van der Waals surface area contributed by atoms with Crippen molar-refractivity contribution in [1.82, 2.24) is 9.80 Å². The van der Waals surface area contributed by atoms with Gasteiger partial charge in [0.05, 0.1) is 0 Å². The van der Waals surface area contributed by atoms with E-state index in [1.807, 2.05) is 12.1 Å². The van der Waals surface area contributed by atoms with Gasteiger partial charge in [-0.2, -0.15) is 0 Å². The van der Waals surface area contributed by atoms with Crippen LogP contribution in [0.4, 0.5) is 4.39 Å². The Labute approximate surface area is 169 Å². The standard InChI is InChI=1S/C24H33FN2O/c25-14-20-28-24-12-10-23(11-13-24)21-27-18-16-26(17-19-27)15-6-2-5-9-22-7-3-1-4-8-22/h1,3-4,7-8,10-13H,2,5-6,9,14-21H2. The molecule has 0 saturated carbocycles. The lowest BCUT2D eigenvalue weighted by molar-refractivity contribution is 0.125. The Balaban J connectivity index is 1.27. The molecule has 0 radical (unpaired) electrons. The van der Waals surface area contributed by atoms with Crippen LogP contribution < -0.4 is 4.74 Å². The fourth-order valence-electron chi connectivity index (χ4n) is 3.76. The molecule has 28 heavy (non-hydrogen) atoms. The van der Waals surface area contributed by atoms with E-state index < -0.39 is 6.67 Å². The highest BCUT2D eigenvalue weighted by Gasteiger charge is 2.16. The van der Waals surface area contributed by atoms with E-state index in [0.29, 0.717) is 0 Å². The number of ether oxygens (including phenoxy) is 1. The number of aryl methyl sites for hydroxylation is 1. The predicted octanol–water partition coefficient (Wildman–Crippen LogP) is 4.57. The third kappa shape index (κ3) is 7.25. The zero-order valence-corrected chi connectivity index (χ0v) is 16.9. The van der Waals surface area contributed by atoms with Gasteiger partial charge < -0.3 is 9.64 Å². The highest BCUT2D eigenvalue weighted by atomic mass is 19.1. The third-order valence-corrected chi connectivity index (χ3v) is 5.42. The summed E-state index contributed by atoms with van der Waals surface area (Å²) >= 11 is 0. The monoisotopic (exact) mass is 384 g/mol. The molecule has 0 spiro atoms. The van der Waals surface area contributed by atoms with Crippen molar-refractivity contribution in [3.8, 4) is 5.75 Å². The summed E-state index contributed by atoms with van der Waals surface area (Å²) in [5.74, 6) is 0.749. The molecule has 0 atom stereocenters. The quantitative estimate of drug-likeness (QED) is 0.528. The first-order valence-corrected chi connectivity index (χ1v) is 10.6. The van der Waals surface area contributed by atoms with Crippen molar-refractivity contribution in [3.63, 3.8) is 0 Å². The van der Waals surface area contributed by atoms with Crippen molar-refractivity contribution < 1.29 is 9.13 Å². The van der Waals surface area contributed by atoms with E-state index in [0.717, 1.165) is 38.5 Å². The minimum absolute atomic E-state index is 0.133. The molecule has 0 bridgehead atoms. The van der Waals surface area contributed by atoms with Gasteiger partial charge in [-0.05, 0) is 49.1 Å². The molecule has 0 N–H and O–H groups in total. The SMILES string of the molecule is FCCOc1ccc(CN2CCN(CCCCCc3ccccc3)CC2)cc1. The van der Waals surface area contributed by atoms with Crippen molar-refractivity contribution in [2.24, 2.45) is 0 Å². The van der Waals surface area contributed by atoms with Crippen LogP contribution in [0.2, 0.25) is 0 Å². The number of alkyl halides is 1. The molecule has 4 heteroatoms. The van der Waals surface area contributed by atoms with Gasteiger partial charge in [0.2, 0.25) is 0 Å². The Morgan fingerprint density at radius 1 is 0.750 bits per heavy atom. The van der Waals surface area contributed by atoms with Crippen molar-refractivity contribution >= 4 is 0 Å². The molecule has 0 aromatic heterocycles. The lowest BCUT2D eigenvalue weighted by Crippen LogP contribution is -2.46. The van der Waals surface area contributed by atoms with E-state index in [-0.39, 0.29) is 6.61 Å². The number of piperazine rings is 1. The summed E-state index contributed by atoms with van der Waals surface area (Å²) in [4.78, 5) is 5.12. The Kier molecular flexibility index (Phi) is 8.79. The minimum atomic E-state index is -0.445. The summed E-state index contributed by atoms with van der Waals surface area (Å²) in [6.45, 7) is 6.48. The smallest absolute Gasteiger partial charge is 0.123 e. The molecule has 1 aliphatic rings. The van der Waals surface area contributed by atoms with Crippen LogP contribution in [0.1, 0.15) is 30.4 Å². The maximum absolute atomic E-state index is 12.1. The highest BCUT2D eigenvalue weighted by Crippen LogP contribution is 2.15. The molecule has 1 heterocycles. The molecular formula is C24H33FN2O. The highest BCUT2D eigenvalue weighted by molar-refractivity contribution is 5.27. The summed E-state index contributed by atoms with van der Waals surface area (Å²) in [6.07, 6.45) is 5.10. The Morgan fingerprint density at radius 2 is 1.46 bits per heavy atom. The van der Waals surface area contributed by atoms with Crippen molar-refractivity contribution in [2.75, 3.05) is 46.0 Å². The Morgan fingerprint density at radius 3 is 2.18 bits per heavy atom. The summed E-state index contributed by atoms with van der Waals surface area (Å²) in [5.41, 5.74) is 2.75. The molecule has 1 saturated heterocycles. The van der Waals surface area contributed by atoms with Gasteiger partial charge in [-0.1, -0.05) is 48.9 Å². The lowest BCUT2D eigenvalue weighted by Gasteiger charge is -2.34. The van der Waals surface area contributed by atoms with Crippen LogP contribution in [-0.4, -0.2) is 55.8 Å². The average molecular weight is 385 g/mol. The lowest BCUT2D eigenvalue weighted by atomic mass is 10.1. The Hall–Kier alpha value is -1.91. The summed E-state index contributed by atoms with van der Waals surface area (Å²) in [6, 6.07) is 18.9. The van der Waals surface area contributed by atoms with Gasteiger partial charge in [-0.25, -0.2) is 4.39 Å². The van der Waals surface area contributed by atoms with E-state index in [2.05, 4.69) is 52.3 Å². The van der Waals surface area contributed by atoms with Crippen LogP contribution in [0.25, 0.3) is 0 Å². The van der Waals surface area contributed by atoms with E-state index in [1.54, 1.807) is 0 Å². The van der Waals surface area contributed by atoms with Gasteiger partial charge in [0.25, 0.3) is 0 Å². The summed E-state index contributed by atoms with van der Waals surface area (Å²) < 4.78 is 17.4. The van der Waals surface area contributed by atoms with Crippen LogP contribution in [0.3, 0.4) is 0 Å². The molecule has 152 valence electrons. The second-order valence-electron chi connectivity index (χ2n) is 7.60. The first-order valence-electron chi connectivity index (χ1n) is 10.6. The van der Waals surface area contributed by atoms with Crippen LogP contribution in [0.15, 0.2) is 54.6 Å². The molecule has 3 rings (SSSR count). The zero-order chi connectivity index (χ0) is 19.4. The van der Waals surface area contributed by atoms with Gasteiger partial charge in [0, 0.05) is 32.7 Å². The zero-order valence-electron chi connectivity index (χ0n) is 16.9. The molecule has 2 aromatic carbocycles. The number of hydrogen-bond donors (Lipinski definition) is 0. The van der Waals surface area contributed by atoms with Crippen LogP contribution in [0, 0.1) is 0 Å². The van der Waals surface area contributed by atoms with Crippen LogP contribution >= 0.6 is 0 Å². The number of rotatable bonds is 11. The minimum Gasteiger partial charge on any atom is -0.491 e. The first kappa shape index (κ1) is 20.8. The molecule has 2 aromatic rings. The maximum Gasteiger partial charge on any atom is 0.123 e. The van der Waals surface area contributed by atoms with Gasteiger partial charge in [0.1, 0.15) is 19.0 Å². The number of hydrogen-bond acceptors (Lipinski definition) is 3. The molecule has 0 unspecified atom stereocenters. The second kappa shape index (κ2) is 11.8. The van der Waals surface area contributed by atoms with E-state index >= 15 is 0 Å². The number of halogens is 1. The van der Waals surface area contributed by atoms with Crippen LogP contribution in [0.5, 0.6) is 5.75 Å². The van der Waals surface area contributed by atoms with E-state index in [4.69, 9.17) is 4.74 Å². The molecule has 0 amide bonds. The average Bonchev–Trinajstić information content (AvgIpc) is 2.75. The molecule has 1 fully saturated rings. The van der Waals surface area contributed by atoms with E-state index in [9.17, 15) is 4.39 Å². The van der Waals surface area contributed by atoms with Crippen molar-refractivity contribution in [2.45, 2.75) is 32.2 Å². The topological polar surface area (TPSA) is 15.7 Å². The van der Waals surface area contributed by atoms with Gasteiger partial charge in [-0.3, -0.25) is 4.90 Å². The van der Waals surface area contributed by atoms with Crippen LogP contribution in [-0.2, 0) is 13.0 Å². The van der Waals surface area contributed by atoms with Gasteiger partial charge in [-0.15, -0.1) is 0 Å². The predicted molar refractivity (Wildman–Crippen MR) is 114 cm³/mol. The van der Waals surface area contributed by atoms with Gasteiger partial charge in [0.15, 0.2) is 0 Å². The van der Waals surface area contributed by atoms with Crippen molar-refractivity contribution in [3.05, 3.63) is 65.7 Å². The normalized spacial score (nSPS) is 15.6. The molecule has 1 aliphatic heterocycles. The summed E-state index contributed by atoms with van der Waals surface area (Å²) in [5, 5.41) is 0. The number of unbranched alkanes of at least 4 members (excludes halogenated alkanes) is 2. The molecule has 3 nitrogen and oxygen atoms in total. The number of benzene rings is 2. The maximum atomic E-state index is 12.1. The number of nitrogens with zero attached hydrogens (tertiary/aromatic N) is 2. The third-order valence-electron chi connectivity index (χ3n) is 5.42. The first-order chi connectivity index (χ1) is 13.8. The van der Waals surface area contributed by atoms with Crippen molar-refractivity contribution in [1.29, 1.82) is 0 Å². The Bertz CT molecular complexity index is 654. The molecule has 0 aliphatic carbocycles. The summed E-state index contributed by atoms with van der Waals surface area (Å²) in [7, 11) is 0. The largest absolute Gasteiger partial charge is 0.491 e. The molecular weight excluding hydrogens is 351 g/mol.